The molecule has 0 saturated heterocycles. The van der Waals surface area contributed by atoms with Crippen LogP contribution in [0.2, 0.25) is 0 Å². The Kier molecular flexibility index (Phi) is 1.51. The number of rotatable bonds is 1. The highest BCUT2D eigenvalue weighted by Gasteiger charge is 2.30. The monoisotopic (exact) mass is 125 g/mol. The van der Waals surface area contributed by atoms with Gasteiger partial charge in [0.2, 0.25) is 7.98 Å². The number of hydrogen-bond acceptors (Lipinski definition) is 3. The molecule has 0 aromatic carbocycles. The Morgan fingerprint density at radius 3 is 2.22 bits per heavy atom. The summed E-state index contributed by atoms with van der Waals surface area (Å²) < 4.78 is 0. The average molecular weight is 125 g/mol. The largest absolute Gasteiger partial charge is 0.436 e. The molecule has 3 nitrogen and oxygen atoms in total. The number of nitrogens with two attached hydrogens (primary N) is 2. The Morgan fingerprint density at radius 1 is 1.44 bits per heavy atom. The fourth-order valence-electron chi connectivity index (χ4n) is 1.16. The van der Waals surface area contributed by atoms with Crippen molar-refractivity contribution in [1.29, 1.82) is 0 Å². The summed E-state index contributed by atoms with van der Waals surface area (Å²) in [6, 6.07) is 0.113. The second kappa shape index (κ2) is 2.04. The van der Waals surface area contributed by atoms with Crippen LogP contribution in [0.3, 0.4) is 0 Å². The van der Waals surface area contributed by atoms with Gasteiger partial charge >= 0.3 is 0 Å². The standard InChI is InChI=1S/C5H12BN3/c1-2-3(7)4(8)5(2)9-6/h3-4,9H,6-8H2,1H3/t3-,4?/m0/s1. The van der Waals surface area contributed by atoms with Gasteiger partial charge in [0.1, 0.15) is 0 Å². The third-order valence-electron chi connectivity index (χ3n) is 1.91. The summed E-state index contributed by atoms with van der Waals surface area (Å²) in [5, 5.41) is 3.01. The van der Waals surface area contributed by atoms with Crippen molar-refractivity contribution < 1.29 is 0 Å². The van der Waals surface area contributed by atoms with Crippen molar-refractivity contribution in [2.24, 2.45) is 11.5 Å². The molecule has 1 aliphatic carbocycles. The Labute approximate surface area is 55.9 Å². The fraction of sp³-hybridized carbons (Fsp3) is 0.600. The second-order valence-electron chi connectivity index (χ2n) is 2.40. The first-order valence-electron chi connectivity index (χ1n) is 3.08. The molecule has 0 amide bonds. The summed E-state index contributed by atoms with van der Waals surface area (Å²) in [6.07, 6.45) is 0. The first-order valence-corrected chi connectivity index (χ1v) is 3.08. The summed E-state index contributed by atoms with van der Waals surface area (Å²) in [4.78, 5) is 0. The molecule has 1 aliphatic rings. The predicted octanol–water partition coefficient (Wildman–Crippen LogP) is -1.93. The Bertz CT molecular complexity index is 154. The van der Waals surface area contributed by atoms with Crippen LogP contribution in [-0.2, 0) is 0 Å². The minimum absolute atomic E-state index is 0.0370. The van der Waals surface area contributed by atoms with Crippen molar-refractivity contribution in [3.8, 4) is 0 Å². The minimum atomic E-state index is 0.0370. The van der Waals surface area contributed by atoms with Gasteiger partial charge in [-0.25, -0.2) is 0 Å². The molecular formula is C5H12BN3. The van der Waals surface area contributed by atoms with Crippen LogP contribution in [0.4, 0.5) is 0 Å². The zero-order chi connectivity index (χ0) is 7.02. The molecule has 0 bridgehead atoms. The van der Waals surface area contributed by atoms with Crippen molar-refractivity contribution in [2.75, 3.05) is 0 Å². The maximum Gasteiger partial charge on any atom is 0.213 e. The smallest absolute Gasteiger partial charge is 0.213 e. The number of nitrogens with one attached hydrogen (secondary N) is 1. The van der Waals surface area contributed by atoms with E-state index in [-0.39, 0.29) is 12.1 Å². The normalized spacial score (nSPS) is 34.1. The molecular weight excluding hydrogens is 113 g/mol. The molecule has 1 rings (SSSR count). The average Bonchev–Trinajstić information content (AvgIpc) is 1.89. The molecule has 0 aromatic rings. The van der Waals surface area contributed by atoms with E-state index in [0.717, 1.165) is 5.70 Å². The summed E-state index contributed by atoms with van der Waals surface area (Å²) >= 11 is 0. The van der Waals surface area contributed by atoms with Crippen molar-refractivity contribution in [3.05, 3.63) is 11.3 Å². The van der Waals surface area contributed by atoms with Crippen molar-refractivity contribution >= 4 is 7.98 Å². The molecule has 0 heterocycles. The Morgan fingerprint density at radius 2 is 2.00 bits per heavy atom. The maximum absolute atomic E-state index is 5.62. The van der Waals surface area contributed by atoms with Gasteiger partial charge in [0.05, 0.1) is 6.04 Å². The molecule has 0 aliphatic heterocycles. The molecule has 0 aromatic heterocycles. The van der Waals surface area contributed by atoms with Gasteiger partial charge in [-0.05, 0) is 12.5 Å². The van der Waals surface area contributed by atoms with E-state index in [0.29, 0.717) is 0 Å². The van der Waals surface area contributed by atoms with Gasteiger partial charge in [-0.1, -0.05) is 0 Å². The van der Waals surface area contributed by atoms with Crippen LogP contribution in [0.1, 0.15) is 6.92 Å². The molecule has 0 radical (unpaired) electrons. The van der Waals surface area contributed by atoms with Gasteiger partial charge in [-0.3, -0.25) is 0 Å². The van der Waals surface area contributed by atoms with E-state index in [2.05, 4.69) is 5.23 Å². The first-order chi connectivity index (χ1) is 4.18. The molecule has 9 heavy (non-hydrogen) atoms. The van der Waals surface area contributed by atoms with Gasteiger partial charge in [0.25, 0.3) is 0 Å². The van der Waals surface area contributed by atoms with E-state index in [9.17, 15) is 0 Å². The SMILES string of the molecule is BNC1=C(C)[C@H](N)C1N. The Balaban J connectivity index is 2.71. The van der Waals surface area contributed by atoms with Gasteiger partial charge in [-0.2, -0.15) is 0 Å². The van der Waals surface area contributed by atoms with Crippen LogP contribution < -0.4 is 16.7 Å². The lowest BCUT2D eigenvalue weighted by Gasteiger charge is -2.35. The lowest BCUT2D eigenvalue weighted by Crippen LogP contribution is -2.55. The fourth-order valence-corrected chi connectivity index (χ4v) is 1.16. The lowest BCUT2D eigenvalue weighted by atomic mass is 9.84. The summed E-state index contributed by atoms with van der Waals surface area (Å²) in [5.41, 5.74) is 13.5. The molecule has 0 saturated carbocycles. The van der Waals surface area contributed by atoms with E-state index in [1.165, 1.54) is 5.57 Å². The zero-order valence-electron chi connectivity index (χ0n) is 5.81. The molecule has 0 fully saturated rings. The quantitative estimate of drug-likeness (QED) is 0.357. The predicted molar refractivity (Wildman–Crippen MR) is 40.3 cm³/mol. The van der Waals surface area contributed by atoms with Crippen molar-refractivity contribution in [3.63, 3.8) is 0 Å². The maximum atomic E-state index is 5.62. The third-order valence-corrected chi connectivity index (χ3v) is 1.91. The zero-order valence-corrected chi connectivity index (χ0v) is 5.81. The summed E-state index contributed by atoms with van der Waals surface area (Å²) in [7, 11) is 1.87. The van der Waals surface area contributed by atoms with E-state index in [1.807, 2.05) is 14.9 Å². The van der Waals surface area contributed by atoms with Crippen LogP contribution in [0.25, 0.3) is 0 Å². The van der Waals surface area contributed by atoms with Crippen molar-refractivity contribution in [2.45, 2.75) is 19.0 Å². The van der Waals surface area contributed by atoms with Crippen LogP contribution in [-0.4, -0.2) is 20.1 Å². The molecule has 1 unspecified atom stereocenters. The highest BCUT2D eigenvalue weighted by molar-refractivity contribution is 6.06. The molecule has 5 N–H and O–H groups in total. The summed E-state index contributed by atoms with van der Waals surface area (Å²) in [5.74, 6) is 0. The van der Waals surface area contributed by atoms with Crippen LogP contribution in [0.5, 0.6) is 0 Å². The Hall–Kier alpha value is -0.475. The highest BCUT2D eigenvalue weighted by atomic mass is 14.9. The van der Waals surface area contributed by atoms with Gasteiger partial charge < -0.3 is 16.7 Å². The summed E-state index contributed by atoms with van der Waals surface area (Å²) in [6.45, 7) is 2.00. The molecule has 2 atom stereocenters. The number of hydrogen-bond donors (Lipinski definition) is 3. The van der Waals surface area contributed by atoms with Crippen LogP contribution in [0, 0.1) is 0 Å². The molecule has 50 valence electrons. The van der Waals surface area contributed by atoms with Crippen LogP contribution >= 0.6 is 0 Å². The van der Waals surface area contributed by atoms with E-state index in [4.69, 9.17) is 11.5 Å². The van der Waals surface area contributed by atoms with Crippen LogP contribution in [0.15, 0.2) is 11.3 Å². The second-order valence-corrected chi connectivity index (χ2v) is 2.40. The van der Waals surface area contributed by atoms with Gasteiger partial charge in [0.15, 0.2) is 0 Å². The van der Waals surface area contributed by atoms with Gasteiger partial charge in [-0.15, -0.1) is 0 Å². The topological polar surface area (TPSA) is 64.1 Å². The molecule has 4 heteroatoms. The first kappa shape index (κ1) is 6.64. The van der Waals surface area contributed by atoms with Gasteiger partial charge in [0, 0.05) is 11.7 Å². The minimum Gasteiger partial charge on any atom is -0.436 e. The highest BCUT2D eigenvalue weighted by Crippen LogP contribution is 2.21. The van der Waals surface area contributed by atoms with E-state index < -0.39 is 0 Å². The van der Waals surface area contributed by atoms with E-state index >= 15 is 0 Å². The lowest BCUT2D eigenvalue weighted by molar-refractivity contribution is 0.546. The molecule has 0 spiro atoms. The third kappa shape index (κ3) is 0.748. The van der Waals surface area contributed by atoms with E-state index in [1.54, 1.807) is 0 Å². The van der Waals surface area contributed by atoms with Crippen molar-refractivity contribution in [1.82, 2.24) is 5.23 Å².